The molecular weight excluding hydrogens is 249 g/mol. The predicted molar refractivity (Wildman–Crippen MR) is 65.4 cm³/mol. The largest absolute Gasteiger partial charge is 1.00 e. The zero-order chi connectivity index (χ0) is 12.0. The third-order valence-electron chi connectivity index (χ3n) is 2.33. The molecular formula is C11H17NNaO3S+. The van der Waals surface area contributed by atoms with Crippen LogP contribution in [0.1, 0.15) is 13.3 Å². The summed E-state index contributed by atoms with van der Waals surface area (Å²) in [6, 6.07) is 9.80. The molecule has 1 rings (SSSR count). The third kappa shape index (κ3) is 7.06. The fourth-order valence-corrected chi connectivity index (χ4v) is 2.04. The number of rotatable bonds is 6. The van der Waals surface area contributed by atoms with E-state index >= 15 is 0 Å². The summed E-state index contributed by atoms with van der Waals surface area (Å²) in [4.78, 5) is 2.07. The molecule has 90 valence electrons. The predicted octanol–water partition coefficient (Wildman–Crippen LogP) is -1.21. The van der Waals surface area contributed by atoms with E-state index in [1.807, 2.05) is 37.3 Å². The molecule has 0 aliphatic rings. The summed E-state index contributed by atoms with van der Waals surface area (Å²) >= 11 is 0. The summed E-state index contributed by atoms with van der Waals surface area (Å²) in [5.74, 6) is -0.184. The molecule has 6 heteroatoms. The van der Waals surface area contributed by atoms with E-state index in [9.17, 15) is 8.42 Å². The summed E-state index contributed by atoms with van der Waals surface area (Å²) in [5.41, 5.74) is 1.07. The molecule has 0 unspecified atom stereocenters. The van der Waals surface area contributed by atoms with Gasteiger partial charge in [0.25, 0.3) is 10.1 Å². The van der Waals surface area contributed by atoms with E-state index < -0.39 is 10.1 Å². The molecule has 0 heterocycles. The maximum atomic E-state index is 10.6. The summed E-state index contributed by atoms with van der Waals surface area (Å²) in [5, 5.41) is 0. The van der Waals surface area contributed by atoms with Crippen molar-refractivity contribution in [2.75, 3.05) is 23.7 Å². The molecule has 17 heavy (non-hydrogen) atoms. The fourth-order valence-electron chi connectivity index (χ4n) is 1.55. The van der Waals surface area contributed by atoms with Gasteiger partial charge in [0.15, 0.2) is 0 Å². The van der Waals surface area contributed by atoms with E-state index in [4.69, 9.17) is 4.55 Å². The summed E-state index contributed by atoms with van der Waals surface area (Å²) in [7, 11) is -3.84. The van der Waals surface area contributed by atoms with E-state index in [0.717, 1.165) is 12.2 Å². The molecule has 1 N–H and O–H groups in total. The summed E-state index contributed by atoms with van der Waals surface area (Å²) in [6.45, 7) is 3.45. The molecule has 0 aromatic heterocycles. The van der Waals surface area contributed by atoms with Crippen molar-refractivity contribution in [1.82, 2.24) is 0 Å². The third-order valence-corrected chi connectivity index (χ3v) is 3.14. The minimum atomic E-state index is -3.84. The van der Waals surface area contributed by atoms with Gasteiger partial charge in [-0.3, -0.25) is 4.55 Å². The first-order valence-corrected chi connectivity index (χ1v) is 6.89. The molecule has 0 radical (unpaired) electrons. The minimum Gasteiger partial charge on any atom is -0.372 e. The van der Waals surface area contributed by atoms with Crippen LogP contribution in [-0.4, -0.2) is 31.8 Å². The van der Waals surface area contributed by atoms with E-state index in [1.165, 1.54) is 0 Å². The van der Waals surface area contributed by atoms with Crippen LogP contribution in [0.3, 0.4) is 0 Å². The smallest absolute Gasteiger partial charge is 0.372 e. The zero-order valence-corrected chi connectivity index (χ0v) is 13.2. The summed E-state index contributed by atoms with van der Waals surface area (Å²) < 4.78 is 29.8. The van der Waals surface area contributed by atoms with Crippen LogP contribution in [0.2, 0.25) is 0 Å². The Bertz CT molecular complexity index is 408. The molecule has 1 aromatic carbocycles. The zero-order valence-electron chi connectivity index (χ0n) is 10.3. The van der Waals surface area contributed by atoms with Crippen LogP contribution in [0.5, 0.6) is 0 Å². The minimum absolute atomic E-state index is 0. The van der Waals surface area contributed by atoms with Crippen LogP contribution in [0, 0.1) is 0 Å². The molecule has 0 aliphatic heterocycles. The SMILES string of the molecule is CCN(CCCS(=O)(=O)O)c1ccccc1.[Na+]. The second kappa shape index (κ2) is 8.11. The second-order valence-corrected chi connectivity index (χ2v) is 5.13. The van der Waals surface area contributed by atoms with Gasteiger partial charge >= 0.3 is 29.6 Å². The van der Waals surface area contributed by atoms with Crippen molar-refractivity contribution in [1.29, 1.82) is 0 Å². The average molecular weight is 266 g/mol. The van der Waals surface area contributed by atoms with Crippen molar-refractivity contribution in [2.24, 2.45) is 0 Å². The Hall–Kier alpha value is -0.0700. The van der Waals surface area contributed by atoms with E-state index in [0.29, 0.717) is 13.0 Å². The van der Waals surface area contributed by atoms with Crippen molar-refractivity contribution in [2.45, 2.75) is 13.3 Å². The number of hydrogen-bond donors (Lipinski definition) is 1. The van der Waals surface area contributed by atoms with Crippen LogP contribution in [0.4, 0.5) is 5.69 Å². The van der Waals surface area contributed by atoms with Gasteiger partial charge in [0.05, 0.1) is 5.75 Å². The Morgan fingerprint density at radius 2 is 1.82 bits per heavy atom. The first kappa shape index (κ1) is 16.9. The van der Waals surface area contributed by atoms with Gasteiger partial charge in [0, 0.05) is 18.8 Å². The summed E-state index contributed by atoms with van der Waals surface area (Å²) in [6.07, 6.45) is 0.432. The van der Waals surface area contributed by atoms with Crippen LogP contribution < -0.4 is 34.5 Å². The molecule has 0 aliphatic carbocycles. The molecule has 4 nitrogen and oxygen atoms in total. The average Bonchev–Trinajstić information content (AvgIpc) is 2.24. The normalized spacial score (nSPS) is 10.7. The molecule has 1 aromatic rings. The molecule has 0 fully saturated rings. The molecule has 0 bridgehead atoms. The Morgan fingerprint density at radius 3 is 2.29 bits per heavy atom. The van der Waals surface area contributed by atoms with Crippen molar-refractivity contribution in [3.63, 3.8) is 0 Å². The number of benzene rings is 1. The van der Waals surface area contributed by atoms with Gasteiger partial charge in [-0.05, 0) is 25.5 Å². The monoisotopic (exact) mass is 266 g/mol. The Kier molecular flexibility index (Phi) is 8.07. The van der Waals surface area contributed by atoms with Crippen molar-refractivity contribution in [3.8, 4) is 0 Å². The van der Waals surface area contributed by atoms with E-state index in [2.05, 4.69) is 4.90 Å². The van der Waals surface area contributed by atoms with Crippen molar-refractivity contribution in [3.05, 3.63) is 30.3 Å². The van der Waals surface area contributed by atoms with Crippen LogP contribution >= 0.6 is 0 Å². The van der Waals surface area contributed by atoms with Crippen LogP contribution in [-0.2, 0) is 10.1 Å². The van der Waals surface area contributed by atoms with Crippen molar-refractivity contribution >= 4 is 15.8 Å². The fraction of sp³-hybridized carbons (Fsp3) is 0.455. The molecule has 0 atom stereocenters. The number of hydrogen-bond acceptors (Lipinski definition) is 3. The van der Waals surface area contributed by atoms with Crippen LogP contribution in [0.25, 0.3) is 0 Å². The number of anilines is 1. The van der Waals surface area contributed by atoms with Gasteiger partial charge in [0.2, 0.25) is 0 Å². The first-order chi connectivity index (χ1) is 7.53. The first-order valence-electron chi connectivity index (χ1n) is 5.28. The standard InChI is InChI=1S/C11H17NO3S.Na/c1-2-12(9-6-10-16(13,14)15)11-7-4-3-5-8-11;/h3-5,7-8H,2,6,9-10H2,1H3,(H,13,14,15);/q;+1. The van der Waals surface area contributed by atoms with Gasteiger partial charge in [-0.2, -0.15) is 8.42 Å². The number of nitrogens with zero attached hydrogens (tertiary/aromatic N) is 1. The molecule has 0 saturated heterocycles. The van der Waals surface area contributed by atoms with E-state index in [-0.39, 0.29) is 35.3 Å². The van der Waals surface area contributed by atoms with E-state index in [1.54, 1.807) is 0 Å². The maximum absolute atomic E-state index is 10.6. The van der Waals surface area contributed by atoms with Gasteiger partial charge < -0.3 is 4.90 Å². The van der Waals surface area contributed by atoms with Gasteiger partial charge in [-0.25, -0.2) is 0 Å². The maximum Gasteiger partial charge on any atom is 1.00 e. The van der Waals surface area contributed by atoms with Crippen molar-refractivity contribution < 1.29 is 42.5 Å². The Balaban J connectivity index is 0.00000256. The molecule has 0 saturated carbocycles. The Labute approximate surface area is 125 Å². The Morgan fingerprint density at radius 1 is 1.24 bits per heavy atom. The van der Waals surface area contributed by atoms with Gasteiger partial charge in [0.1, 0.15) is 0 Å². The second-order valence-electron chi connectivity index (χ2n) is 3.55. The van der Waals surface area contributed by atoms with Crippen LogP contribution in [0.15, 0.2) is 30.3 Å². The van der Waals surface area contributed by atoms with Gasteiger partial charge in [-0.15, -0.1) is 0 Å². The van der Waals surface area contributed by atoms with Gasteiger partial charge in [-0.1, -0.05) is 18.2 Å². The molecule has 0 amide bonds. The number of para-hydroxylation sites is 1. The topological polar surface area (TPSA) is 57.6 Å². The molecule has 0 spiro atoms. The quantitative estimate of drug-likeness (QED) is 0.519.